The molecule has 0 atom stereocenters. The molecule has 7 heteroatoms. The molecule has 0 radical (unpaired) electrons. The summed E-state index contributed by atoms with van der Waals surface area (Å²) in [6.45, 7) is 4.72. The zero-order valence-corrected chi connectivity index (χ0v) is 78.6. The number of hydrogen-bond donors (Lipinski definition) is 0. The molecule has 1 aliphatic rings. The van der Waals surface area contributed by atoms with Crippen LogP contribution in [-0.2, 0) is 5.41 Å². The van der Waals surface area contributed by atoms with Gasteiger partial charge in [-0.2, -0.15) is 0 Å². The molecule has 31 rings (SSSR count). The van der Waals surface area contributed by atoms with E-state index in [4.69, 9.17) is 4.42 Å². The predicted molar refractivity (Wildman–Crippen MR) is 600 cm³/mol. The van der Waals surface area contributed by atoms with Crippen LogP contribution >= 0.6 is 45.3 Å². The highest BCUT2D eigenvalue weighted by atomic mass is 32.1. The van der Waals surface area contributed by atoms with E-state index in [2.05, 4.69) is 466 Å². The molecule has 23 aromatic carbocycles. The van der Waals surface area contributed by atoms with Gasteiger partial charge in [-0.05, 0) is 229 Å². The Hall–Kier alpha value is -16.4. The first-order valence-corrected chi connectivity index (χ1v) is 50.5. The number of nitrogens with zero attached hydrogens (tertiary/aromatic N) is 2. The number of benzene rings is 23. The summed E-state index contributed by atoms with van der Waals surface area (Å²) in [5, 5.41) is 35.7. The zero-order chi connectivity index (χ0) is 91.0. The van der Waals surface area contributed by atoms with E-state index in [9.17, 15) is 0 Å². The van der Waals surface area contributed by atoms with Gasteiger partial charge < -0.3 is 13.6 Å². The molecule has 7 heterocycles. The van der Waals surface area contributed by atoms with Gasteiger partial charge >= 0.3 is 0 Å². The van der Waals surface area contributed by atoms with Crippen LogP contribution in [0.3, 0.4) is 0 Å². The molecular weight excluding hydrogens is 1750 g/mol. The molecule has 0 aliphatic heterocycles. The fourth-order valence-electron chi connectivity index (χ4n) is 22.9. The van der Waals surface area contributed by atoms with Gasteiger partial charge in [-0.3, -0.25) is 0 Å². The maximum atomic E-state index is 5.37. The van der Waals surface area contributed by atoms with Crippen molar-refractivity contribution in [1.29, 1.82) is 0 Å². The van der Waals surface area contributed by atoms with Gasteiger partial charge in [0.2, 0.25) is 0 Å². The molecule has 7 aromatic heterocycles. The number of rotatable bonds is 6. The SMILES string of the molecule is CC1(C)c2ccccc2-c2ccc(-c3cc4ccccc4c4c3ccc3c5ccccc5sc34)cc21.c1ccc(-n2c3ccccc3c3cc(-c4cc5ccccc5c5c4ccc4c6ccccc6sc45)ccc32)cc1.c1ccc(-n2cc(-c3cc4ccccc4c4c3ccc3c5ccccc5sc34)c3ccccc32)cc1.c1ccc2c(c1)cc(-c1ccoc1)c1ccc3c4ccccc4sc3c12. The molecule has 138 heavy (non-hydrogen) atoms. The maximum absolute atomic E-state index is 5.37. The Balaban J connectivity index is 0.0000000916. The summed E-state index contributed by atoms with van der Waals surface area (Å²) < 4.78 is 21.0. The molecule has 0 amide bonds. The first-order valence-electron chi connectivity index (χ1n) is 47.3. The quantitative estimate of drug-likeness (QED) is 0.152. The lowest BCUT2D eigenvalue weighted by atomic mass is 9.81. The van der Waals surface area contributed by atoms with Gasteiger partial charge in [-0.15, -0.1) is 45.3 Å². The summed E-state index contributed by atoms with van der Waals surface area (Å²) in [6.07, 6.45) is 5.89. The number of thiophene rings is 4. The molecule has 30 aromatic rings. The Morgan fingerprint density at radius 3 is 1.03 bits per heavy atom. The summed E-state index contributed by atoms with van der Waals surface area (Å²) in [4.78, 5) is 0. The van der Waals surface area contributed by atoms with Crippen molar-refractivity contribution < 1.29 is 4.42 Å². The van der Waals surface area contributed by atoms with Crippen molar-refractivity contribution in [2.75, 3.05) is 0 Å². The van der Waals surface area contributed by atoms with Crippen LogP contribution in [0.4, 0.5) is 0 Å². The molecule has 0 N–H and O–H groups in total. The van der Waals surface area contributed by atoms with Crippen LogP contribution in [-0.4, -0.2) is 9.13 Å². The molecule has 646 valence electrons. The third-order valence-corrected chi connectivity index (χ3v) is 34.0. The number of fused-ring (bicyclic) bond motifs is 35. The van der Waals surface area contributed by atoms with Crippen LogP contribution < -0.4 is 0 Å². The minimum Gasteiger partial charge on any atom is -0.472 e. The van der Waals surface area contributed by atoms with Crippen molar-refractivity contribution in [2.45, 2.75) is 19.3 Å². The Bertz CT molecular complexity index is 10300. The smallest absolute Gasteiger partial charge is 0.0981 e. The highest BCUT2D eigenvalue weighted by Crippen LogP contribution is 2.55. The third kappa shape index (κ3) is 12.6. The monoisotopic (exact) mass is 1830 g/mol. The lowest BCUT2D eigenvalue weighted by Gasteiger charge is -2.22. The van der Waals surface area contributed by atoms with Gasteiger partial charge in [0.1, 0.15) is 0 Å². The summed E-state index contributed by atoms with van der Waals surface area (Å²) in [6, 6.07) is 162. The van der Waals surface area contributed by atoms with Crippen molar-refractivity contribution in [3.63, 3.8) is 0 Å². The van der Waals surface area contributed by atoms with E-state index in [-0.39, 0.29) is 5.41 Å². The van der Waals surface area contributed by atoms with Crippen LogP contribution in [0.1, 0.15) is 25.0 Å². The second kappa shape index (κ2) is 31.9. The first-order chi connectivity index (χ1) is 68.2. The van der Waals surface area contributed by atoms with Gasteiger partial charge in [0, 0.05) is 153 Å². The summed E-state index contributed by atoms with van der Waals surface area (Å²) in [7, 11) is 0. The van der Waals surface area contributed by atoms with E-state index < -0.39 is 0 Å². The molecule has 3 nitrogen and oxygen atoms in total. The normalized spacial score (nSPS) is 12.5. The second-order valence-electron chi connectivity index (χ2n) is 37.1. The highest BCUT2D eigenvalue weighted by molar-refractivity contribution is 7.28. The molecule has 0 spiro atoms. The van der Waals surface area contributed by atoms with Crippen LogP contribution in [0, 0.1) is 0 Å². The molecule has 0 bridgehead atoms. The largest absolute Gasteiger partial charge is 0.472 e. The second-order valence-corrected chi connectivity index (χ2v) is 41.3. The van der Waals surface area contributed by atoms with Gasteiger partial charge in [-0.25, -0.2) is 0 Å². The lowest BCUT2D eigenvalue weighted by Crippen LogP contribution is -2.14. The van der Waals surface area contributed by atoms with Crippen LogP contribution in [0.2, 0.25) is 0 Å². The van der Waals surface area contributed by atoms with Crippen molar-refractivity contribution >= 4 is 245 Å². The maximum Gasteiger partial charge on any atom is 0.0981 e. The van der Waals surface area contributed by atoms with Crippen molar-refractivity contribution in [3.8, 4) is 67.0 Å². The minimum atomic E-state index is -0.00662. The first kappa shape index (κ1) is 80.1. The zero-order valence-electron chi connectivity index (χ0n) is 75.3. The standard InChI is InChI=1S/C38H23NS.C35H24S.C34H21NS.C24H14OS/c1-2-11-26(12-3-1)39-34-16-8-6-14-28(34)33-23-25(18-21-35(33)39)32-22-24-10-4-5-13-27(24)37-30(32)19-20-31-29-15-7-9-17-36(29)40-38(31)37;1-35(2)30-13-7-5-11-24(30)25-16-15-22(20-31(25)35)29-19-21-9-3-4-10-23(21)33-27(29)17-18-28-26-12-6-8-14-32(26)36-34(28)33;1-2-11-23(12-3-1)35-21-30(25-14-6-8-16-31(25)35)29-20-22-10-4-5-13-24(22)33-27(29)18-19-28-26-15-7-9-17-32(26)36-34(28)33;1-2-6-17-15(5-1)13-21(16-11-12-25-14-16)19-9-10-20-18-7-3-4-8-22(18)26-24(20)23(17)19/h1-23H;3-20H,1-2H3;1-21H;1-14H. The predicted octanol–water partition coefficient (Wildman–Crippen LogP) is 39.1. The average molecular weight is 1830 g/mol. The van der Waals surface area contributed by atoms with E-state index in [1.807, 2.05) is 57.7 Å². The van der Waals surface area contributed by atoms with Crippen LogP contribution in [0.15, 0.2) is 466 Å². The molecule has 1 aliphatic carbocycles. The number of aromatic nitrogens is 2. The minimum absolute atomic E-state index is 0.00662. The number of furan rings is 1. The third-order valence-electron chi connectivity index (χ3n) is 29.2. The van der Waals surface area contributed by atoms with Crippen LogP contribution in [0.25, 0.3) is 267 Å². The Kier molecular flexibility index (Phi) is 18.5. The van der Waals surface area contributed by atoms with Crippen molar-refractivity contribution in [2.24, 2.45) is 0 Å². The van der Waals surface area contributed by atoms with E-state index in [0.717, 1.165) is 5.56 Å². The lowest BCUT2D eigenvalue weighted by molar-refractivity contribution is 0.568. The summed E-state index contributed by atoms with van der Waals surface area (Å²) >= 11 is 7.63. The van der Waals surface area contributed by atoms with Gasteiger partial charge in [0.05, 0.1) is 29.1 Å². The van der Waals surface area contributed by atoms with E-state index >= 15 is 0 Å². The molecular formula is C131H82N2OS4. The van der Waals surface area contributed by atoms with E-state index in [1.54, 1.807) is 6.26 Å². The molecule has 0 unspecified atom stereocenters. The average Bonchev–Trinajstić information content (AvgIpc) is 1.48. The Morgan fingerprint density at radius 2 is 0.558 bits per heavy atom. The highest BCUT2D eigenvalue weighted by Gasteiger charge is 2.36. The van der Waals surface area contributed by atoms with Gasteiger partial charge in [0.15, 0.2) is 0 Å². The number of hydrogen-bond acceptors (Lipinski definition) is 5. The fourth-order valence-corrected chi connectivity index (χ4v) is 27.9. The Labute approximate surface area is 810 Å². The number of para-hydroxylation sites is 4. The van der Waals surface area contributed by atoms with E-state index in [1.165, 1.54) is 272 Å². The molecule has 0 saturated carbocycles. The molecule has 0 fully saturated rings. The van der Waals surface area contributed by atoms with E-state index in [0.29, 0.717) is 0 Å². The molecule has 0 saturated heterocycles. The Morgan fingerprint density at radius 1 is 0.210 bits per heavy atom. The fraction of sp³-hybridized carbons (Fsp3) is 0.0229. The van der Waals surface area contributed by atoms with Crippen molar-refractivity contribution in [1.82, 2.24) is 9.13 Å². The topological polar surface area (TPSA) is 23.0 Å². The van der Waals surface area contributed by atoms with Gasteiger partial charge in [-0.1, -0.05) is 347 Å². The summed E-state index contributed by atoms with van der Waals surface area (Å²) in [5.74, 6) is 0. The van der Waals surface area contributed by atoms with Crippen molar-refractivity contribution in [3.05, 3.63) is 473 Å². The van der Waals surface area contributed by atoms with Gasteiger partial charge in [0.25, 0.3) is 0 Å². The summed E-state index contributed by atoms with van der Waals surface area (Å²) in [5.41, 5.74) is 21.7. The van der Waals surface area contributed by atoms with Crippen LogP contribution in [0.5, 0.6) is 0 Å².